The second-order valence-corrected chi connectivity index (χ2v) is 4.13. The minimum Gasteiger partial charge on any atom is -0.366 e. The standard InChI is InChI=1S/C11H19N3/c1-9(2)6-7-10(3)13-11-5-4-8-12-14-11/h4-5,8-10H,6-7H2,1-3H3,(H,13,14). The van der Waals surface area contributed by atoms with Gasteiger partial charge in [0.2, 0.25) is 0 Å². The predicted octanol–water partition coefficient (Wildman–Crippen LogP) is 2.71. The molecular weight excluding hydrogens is 174 g/mol. The molecule has 1 rings (SSSR count). The molecule has 3 nitrogen and oxygen atoms in total. The number of nitrogens with zero attached hydrogens (tertiary/aromatic N) is 2. The summed E-state index contributed by atoms with van der Waals surface area (Å²) in [6.07, 6.45) is 4.10. The molecule has 0 bridgehead atoms. The van der Waals surface area contributed by atoms with E-state index in [1.807, 2.05) is 12.1 Å². The lowest BCUT2D eigenvalue weighted by Crippen LogP contribution is -2.16. The van der Waals surface area contributed by atoms with Gasteiger partial charge < -0.3 is 5.32 Å². The molecule has 14 heavy (non-hydrogen) atoms. The Balaban J connectivity index is 2.30. The summed E-state index contributed by atoms with van der Waals surface area (Å²) < 4.78 is 0. The van der Waals surface area contributed by atoms with E-state index < -0.39 is 0 Å². The van der Waals surface area contributed by atoms with Crippen LogP contribution in [-0.2, 0) is 0 Å². The fourth-order valence-electron chi connectivity index (χ4n) is 1.29. The van der Waals surface area contributed by atoms with Crippen LogP contribution in [0.4, 0.5) is 5.82 Å². The van der Waals surface area contributed by atoms with Gasteiger partial charge in [-0.05, 0) is 37.8 Å². The van der Waals surface area contributed by atoms with Crippen molar-refractivity contribution in [1.82, 2.24) is 10.2 Å². The fourth-order valence-corrected chi connectivity index (χ4v) is 1.29. The summed E-state index contributed by atoms with van der Waals surface area (Å²) in [5.74, 6) is 1.63. The Bertz CT molecular complexity index is 246. The molecule has 0 aromatic carbocycles. The minimum atomic E-state index is 0.467. The maximum Gasteiger partial charge on any atom is 0.148 e. The van der Waals surface area contributed by atoms with Crippen molar-refractivity contribution in [2.24, 2.45) is 5.92 Å². The Morgan fingerprint density at radius 2 is 2.07 bits per heavy atom. The molecule has 78 valence electrons. The maximum atomic E-state index is 3.98. The summed E-state index contributed by atoms with van der Waals surface area (Å²) >= 11 is 0. The zero-order chi connectivity index (χ0) is 10.4. The van der Waals surface area contributed by atoms with E-state index >= 15 is 0 Å². The van der Waals surface area contributed by atoms with E-state index in [1.54, 1.807) is 6.20 Å². The van der Waals surface area contributed by atoms with Crippen molar-refractivity contribution < 1.29 is 0 Å². The maximum absolute atomic E-state index is 3.98. The lowest BCUT2D eigenvalue weighted by atomic mass is 10.0. The second kappa shape index (κ2) is 5.58. The first-order chi connectivity index (χ1) is 6.68. The van der Waals surface area contributed by atoms with Crippen molar-refractivity contribution >= 4 is 5.82 Å². The number of hydrogen-bond acceptors (Lipinski definition) is 3. The van der Waals surface area contributed by atoms with E-state index in [9.17, 15) is 0 Å². The highest BCUT2D eigenvalue weighted by molar-refractivity contribution is 5.32. The molecule has 1 aromatic heterocycles. The molecule has 0 spiro atoms. The van der Waals surface area contributed by atoms with E-state index in [2.05, 4.69) is 36.3 Å². The number of anilines is 1. The highest BCUT2D eigenvalue weighted by Crippen LogP contribution is 2.10. The van der Waals surface area contributed by atoms with Crippen molar-refractivity contribution in [3.8, 4) is 0 Å². The molecule has 1 unspecified atom stereocenters. The van der Waals surface area contributed by atoms with Gasteiger partial charge in [0.25, 0.3) is 0 Å². The average molecular weight is 193 g/mol. The third kappa shape index (κ3) is 4.21. The molecule has 3 heteroatoms. The first-order valence-electron chi connectivity index (χ1n) is 5.22. The Kier molecular flexibility index (Phi) is 4.36. The second-order valence-electron chi connectivity index (χ2n) is 4.13. The van der Waals surface area contributed by atoms with Gasteiger partial charge in [-0.3, -0.25) is 0 Å². The van der Waals surface area contributed by atoms with Crippen LogP contribution in [0.3, 0.4) is 0 Å². The van der Waals surface area contributed by atoms with Gasteiger partial charge >= 0.3 is 0 Å². The molecule has 0 aliphatic rings. The normalized spacial score (nSPS) is 12.9. The lowest BCUT2D eigenvalue weighted by molar-refractivity contribution is 0.527. The SMILES string of the molecule is CC(C)CCC(C)Nc1cccnn1. The molecule has 1 heterocycles. The monoisotopic (exact) mass is 193 g/mol. The van der Waals surface area contributed by atoms with E-state index in [1.165, 1.54) is 12.8 Å². The molecule has 1 aromatic rings. The number of nitrogens with one attached hydrogen (secondary N) is 1. The average Bonchev–Trinajstić information content (AvgIpc) is 2.16. The third-order valence-electron chi connectivity index (χ3n) is 2.14. The first kappa shape index (κ1) is 11.0. The fraction of sp³-hybridized carbons (Fsp3) is 0.636. The number of rotatable bonds is 5. The largest absolute Gasteiger partial charge is 0.366 e. The molecular formula is C11H19N3. The zero-order valence-corrected chi connectivity index (χ0v) is 9.20. The predicted molar refractivity (Wildman–Crippen MR) is 59.2 cm³/mol. The van der Waals surface area contributed by atoms with Crippen molar-refractivity contribution in [3.05, 3.63) is 18.3 Å². The Labute approximate surface area is 85.9 Å². The van der Waals surface area contributed by atoms with Crippen LogP contribution in [0.1, 0.15) is 33.6 Å². The zero-order valence-electron chi connectivity index (χ0n) is 9.20. The summed E-state index contributed by atoms with van der Waals surface area (Å²) in [6.45, 7) is 6.67. The van der Waals surface area contributed by atoms with Gasteiger partial charge in [-0.25, -0.2) is 0 Å². The van der Waals surface area contributed by atoms with Crippen LogP contribution in [0, 0.1) is 5.92 Å². The molecule has 0 fully saturated rings. The van der Waals surface area contributed by atoms with Crippen molar-refractivity contribution in [2.75, 3.05) is 5.32 Å². The van der Waals surface area contributed by atoms with E-state index in [0.717, 1.165) is 11.7 Å². The quantitative estimate of drug-likeness (QED) is 0.781. The summed E-state index contributed by atoms with van der Waals surface area (Å²) in [4.78, 5) is 0. The lowest BCUT2D eigenvalue weighted by Gasteiger charge is -2.14. The summed E-state index contributed by atoms with van der Waals surface area (Å²) in [7, 11) is 0. The van der Waals surface area contributed by atoms with Gasteiger partial charge in [-0.1, -0.05) is 13.8 Å². The van der Waals surface area contributed by atoms with Crippen molar-refractivity contribution in [3.63, 3.8) is 0 Å². The summed E-state index contributed by atoms with van der Waals surface area (Å²) in [5, 5.41) is 11.1. The Morgan fingerprint density at radius 1 is 1.29 bits per heavy atom. The van der Waals surface area contributed by atoms with Crippen LogP contribution in [-0.4, -0.2) is 16.2 Å². The van der Waals surface area contributed by atoms with Gasteiger partial charge in [0, 0.05) is 12.2 Å². The highest BCUT2D eigenvalue weighted by atomic mass is 15.2. The third-order valence-corrected chi connectivity index (χ3v) is 2.14. The number of aromatic nitrogens is 2. The van der Waals surface area contributed by atoms with Gasteiger partial charge in [0.15, 0.2) is 0 Å². The van der Waals surface area contributed by atoms with Gasteiger partial charge in [-0.2, -0.15) is 5.10 Å². The molecule has 0 aliphatic carbocycles. The van der Waals surface area contributed by atoms with Crippen molar-refractivity contribution in [2.45, 2.75) is 39.7 Å². The van der Waals surface area contributed by atoms with Crippen LogP contribution < -0.4 is 5.32 Å². The van der Waals surface area contributed by atoms with Gasteiger partial charge in [0.1, 0.15) is 5.82 Å². The number of hydrogen-bond donors (Lipinski definition) is 1. The Hall–Kier alpha value is -1.12. The molecule has 1 atom stereocenters. The smallest absolute Gasteiger partial charge is 0.148 e. The molecule has 0 radical (unpaired) electrons. The van der Waals surface area contributed by atoms with Crippen LogP contribution in [0.25, 0.3) is 0 Å². The highest BCUT2D eigenvalue weighted by Gasteiger charge is 2.03. The topological polar surface area (TPSA) is 37.8 Å². The van der Waals surface area contributed by atoms with Crippen LogP contribution in [0.15, 0.2) is 18.3 Å². The summed E-state index contributed by atoms with van der Waals surface area (Å²) in [6, 6.07) is 4.30. The van der Waals surface area contributed by atoms with Gasteiger partial charge in [-0.15, -0.1) is 5.10 Å². The van der Waals surface area contributed by atoms with Crippen molar-refractivity contribution in [1.29, 1.82) is 0 Å². The van der Waals surface area contributed by atoms with E-state index in [0.29, 0.717) is 6.04 Å². The van der Waals surface area contributed by atoms with Gasteiger partial charge in [0.05, 0.1) is 0 Å². The van der Waals surface area contributed by atoms with Crippen LogP contribution in [0.5, 0.6) is 0 Å². The minimum absolute atomic E-state index is 0.467. The molecule has 0 aliphatic heterocycles. The van der Waals surface area contributed by atoms with E-state index in [4.69, 9.17) is 0 Å². The first-order valence-corrected chi connectivity index (χ1v) is 5.22. The van der Waals surface area contributed by atoms with Crippen LogP contribution in [0.2, 0.25) is 0 Å². The molecule has 0 saturated carbocycles. The Morgan fingerprint density at radius 3 is 2.64 bits per heavy atom. The molecule has 1 N–H and O–H groups in total. The molecule has 0 saturated heterocycles. The van der Waals surface area contributed by atoms with E-state index in [-0.39, 0.29) is 0 Å². The molecule has 0 amide bonds. The van der Waals surface area contributed by atoms with Crippen LogP contribution >= 0.6 is 0 Å². The summed E-state index contributed by atoms with van der Waals surface area (Å²) in [5.41, 5.74) is 0.